The first-order chi connectivity index (χ1) is 7.56. The van der Waals surface area contributed by atoms with Crippen molar-refractivity contribution in [3.63, 3.8) is 0 Å². The topological polar surface area (TPSA) is 60.7 Å². The minimum absolute atomic E-state index is 2.37. The molecule has 0 aromatic carbocycles. The summed E-state index contributed by atoms with van der Waals surface area (Å²) in [6.07, 6.45) is -4.73. The smallest absolute Gasteiger partial charge is 0.224 e. The molecule has 0 spiro atoms. The molecule has 0 heterocycles. The van der Waals surface area contributed by atoms with Gasteiger partial charge in [-0.1, -0.05) is 104 Å². The Labute approximate surface area is 148 Å². The van der Waals surface area contributed by atoms with Gasteiger partial charge in [0.15, 0.2) is 5.60 Å². The molecule has 3 nitrogen and oxygen atoms in total. The highest BCUT2D eigenvalue weighted by molar-refractivity contribution is 6.71. The van der Waals surface area contributed by atoms with Gasteiger partial charge < -0.3 is 15.3 Å². The summed E-state index contributed by atoms with van der Waals surface area (Å²) in [5.41, 5.74) is -3.06. The zero-order chi connectivity index (χ0) is 15.2. The van der Waals surface area contributed by atoms with Crippen LogP contribution in [0.25, 0.3) is 0 Å². The highest BCUT2D eigenvalue weighted by Gasteiger charge is 2.66. The predicted molar refractivity (Wildman–Crippen MR) is 77.8 cm³/mol. The van der Waals surface area contributed by atoms with Crippen LogP contribution in [0, 0.1) is 0 Å². The number of hydrogen-bond donors (Lipinski definition) is 3. The molecule has 0 amide bonds. The van der Waals surface area contributed by atoms with Crippen molar-refractivity contribution in [1.82, 2.24) is 0 Å². The van der Waals surface area contributed by atoms with E-state index in [4.69, 9.17) is 104 Å². The van der Waals surface area contributed by atoms with Crippen LogP contribution in [-0.4, -0.2) is 44.5 Å². The number of aliphatic hydroxyl groups excluding tert-OH is 2. The number of alkyl halides is 9. The fourth-order valence-electron chi connectivity index (χ4n) is 0.959. The van der Waals surface area contributed by atoms with Gasteiger partial charge in [0.05, 0.1) is 0 Å². The standard InChI is InChI=1S/C6H5Cl9O3/c7-4(8,9)1(16)3(18,6(13,14)15)2(17)5(10,11)12/h1-2,16-18H. The van der Waals surface area contributed by atoms with E-state index in [-0.39, 0.29) is 0 Å². The zero-order valence-corrected chi connectivity index (χ0v) is 14.7. The molecular formula is C6H5Cl9O3. The molecule has 3 N–H and O–H groups in total. The summed E-state index contributed by atoms with van der Waals surface area (Å²) in [5.74, 6) is 0. The third kappa shape index (κ3) is 4.49. The second-order valence-electron chi connectivity index (χ2n) is 3.21. The monoisotopic (exact) mass is 440 g/mol. The van der Waals surface area contributed by atoms with Crippen LogP contribution in [0.4, 0.5) is 0 Å². The van der Waals surface area contributed by atoms with Crippen molar-refractivity contribution >= 4 is 104 Å². The van der Waals surface area contributed by atoms with Gasteiger partial charge in [-0.2, -0.15) is 0 Å². The van der Waals surface area contributed by atoms with Gasteiger partial charge in [0.2, 0.25) is 11.4 Å². The summed E-state index contributed by atoms with van der Waals surface area (Å²) in [5, 5.41) is 29.6. The third-order valence-corrected chi connectivity index (χ3v) is 4.06. The van der Waals surface area contributed by atoms with Gasteiger partial charge in [-0.05, 0) is 0 Å². The summed E-state index contributed by atoms with van der Waals surface area (Å²) in [7, 11) is 0. The average Bonchev–Trinajstić information content (AvgIpc) is 2.09. The van der Waals surface area contributed by atoms with E-state index in [1.54, 1.807) is 0 Å². The van der Waals surface area contributed by atoms with Crippen LogP contribution >= 0.6 is 104 Å². The van der Waals surface area contributed by atoms with Crippen molar-refractivity contribution in [2.75, 3.05) is 0 Å². The van der Waals surface area contributed by atoms with E-state index in [1.807, 2.05) is 0 Å². The van der Waals surface area contributed by atoms with Gasteiger partial charge in [0.1, 0.15) is 12.2 Å². The molecule has 110 valence electrons. The summed E-state index contributed by atoms with van der Waals surface area (Å²) in [6.45, 7) is 0. The molecule has 0 rings (SSSR count). The van der Waals surface area contributed by atoms with E-state index in [9.17, 15) is 15.3 Å². The maximum Gasteiger partial charge on any atom is 0.224 e. The molecule has 0 saturated carbocycles. The molecule has 0 aliphatic heterocycles. The Bertz CT molecular complexity index is 270. The molecule has 2 unspecified atom stereocenters. The highest BCUT2D eigenvalue weighted by Crippen LogP contribution is 2.52. The second kappa shape index (κ2) is 6.31. The minimum atomic E-state index is -3.06. The summed E-state index contributed by atoms with van der Waals surface area (Å²) < 4.78 is -7.76. The number of halogens is 9. The molecule has 0 bridgehead atoms. The van der Waals surface area contributed by atoms with Crippen molar-refractivity contribution < 1.29 is 15.3 Å². The van der Waals surface area contributed by atoms with Crippen LogP contribution < -0.4 is 0 Å². The normalized spacial score (nSPS) is 21.3. The molecule has 0 radical (unpaired) electrons. The van der Waals surface area contributed by atoms with Crippen molar-refractivity contribution in [1.29, 1.82) is 0 Å². The largest absolute Gasteiger partial charge is 0.385 e. The van der Waals surface area contributed by atoms with E-state index in [1.165, 1.54) is 0 Å². The van der Waals surface area contributed by atoms with E-state index < -0.39 is 29.2 Å². The lowest BCUT2D eigenvalue weighted by atomic mass is 9.93. The third-order valence-electron chi connectivity index (χ3n) is 1.91. The van der Waals surface area contributed by atoms with E-state index in [2.05, 4.69) is 0 Å². The Kier molecular flexibility index (Phi) is 7.19. The Balaban J connectivity index is 5.77. The highest BCUT2D eigenvalue weighted by atomic mass is 35.6. The lowest BCUT2D eigenvalue weighted by Crippen LogP contribution is -2.67. The maximum absolute atomic E-state index is 10.2. The van der Waals surface area contributed by atoms with Crippen molar-refractivity contribution in [3.8, 4) is 0 Å². The van der Waals surface area contributed by atoms with Gasteiger partial charge in [-0.25, -0.2) is 0 Å². The molecule has 2 atom stereocenters. The van der Waals surface area contributed by atoms with E-state index in [0.29, 0.717) is 0 Å². The number of hydrogen-bond acceptors (Lipinski definition) is 3. The maximum atomic E-state index is 10.2. The lowest BCUT2D eigenvalue weighted by Gasteiger charge is -2.45. The number of aliphatic hydroxyl groups is 3. The minimum Gasteiger partial charge on any atom is -0.385 e. The van der Waals surface area contributed by atoms with Gasteiger partial charge in [0, 0.05) is 0 Å². The predicted octanol–water partition coefficient (Wildman–Crippen LogP) is 3.55. The summed E-state index contributed by atoms with van der Waals surface area (Å²) in [4.78, 5) is 0. The van der Waals surface area contributed by atoms with Gasteiger partial charge in [-0.3, -0.25) is 0 Å². The van der Waals surface area contributed by atoms with Crippen LogP contribution in [0.2, 0.25) is 0 Å². The van der Waals surface area contributed by atoms with Crippen molar-refractivity contribution in [3.05, 3.63) is 0 Å². The van der Waals surface area contributed by atoms with Crippen LogP contribution in [-0.2, 0) is 0 Å². The molecule has 0 saturated heterocycles. The van der Waals surface area contributed by atoms with Crippen LogP contribution in [0.3, 0.4) is 0 Å². The number of rotatable bonds is 2. The van der Waals surface area contributed by atoms with Gasteiger partial charge in [-0.15, -0.1) is 0 Å². The van der Waals surface area contributed by atoms with Crippen LogP contribution in [0.1, 0.15) is 0 Å². The molecule has 12 heteroatoms. The first kappa shape index (κ1) is 20.5. The first-order valence-corrected chi connectivity index (χ1v) is 7.25. The van der Waals surface area contributed by atoms with E-state index in [0.717, 1.165) is 0 Å². The molecular weight excluding hydrogens is 439 g/mol. The fraction of sp³-hybridized carbons (Fsp3) is 1.00. The van der Waals surface area contributed by atoms with Crippen LogP contribution in [0.15, 0.2) is 0 Å². The Morgan fingerprint density at radius 2 is 0.833 bits per heavy atom. The molecule has 0 aliphatic carbocycles. The first-order valence-electron chi connectivity index (χ1n) is 3.85. The second-order valence-corrected chi connectivity index (χ2v) is 10.2. The Hall–Kier alpha value is 2.49. The fourth-order valence-corrected chi connectivity index (χ4v) is 2.58. The Morgan fingerprint density at radius 1 is 0.611 bits per heavy atom. The SMILES string of the molecule is OC(C(Cl)(Cl)Cl)C(O)(C(O)C(Cl)(Cl)Cl)C(Cl)(Cl)Cl. The van der Waals surface area contributed by atoms with E-state index >= 15 is 0 Å². The lowest BCUT2D eigenvalue weighted by molar-refractivity contribution is -0.140. The van der Waals surface area contributed by atoms with Crippen LogP contribution in [0.5, 0.6) is 0 Å². The molecule has 0 aromatic heterocycles. The summed E-state index contributed by atoms with van der Waals surface area (Å²) >= 11 is 48.6. The molecule has 0 aromatic rings. The molecule has 18 heavy (non-hydrogen) atoms. The van der Waals surface area contributed by atoms with Gasteiger partial charge >= 0.3 is 0 Å². The average molecular weight is 444 g/mol. The quantitative estimate of drug-likeness (QED) is 0.572. The Morgan fingerprint density at radius 3 is 0.944 bits per heavy atom. The molecule has 0 fully saturated rings. The van der Waals surface area contributed by atoms with Gasteiger partial charge in [0.25, 0.3) is 0 Å². The molecule has 0 aliphatic rings. The summed E-state index contributed by atoms with van der Waals surface area (Å²) in [6, 6.07) is 0. The zero-order valence-electron chi connectivity index (χ0n) is 7.90. The van der Waals surface area contributed by atoms with Crippen molar-refractivity contribution in [2.45, 2.75) is 29.2 Å². The van der Waals surface area contributed by atoms with Crippen molar-refractivity contribution in [2.24, 2.45) is 0 Å².